The lowest BCUT2D eigenvalue weighted by molar-refractivity contribution is 0.213. The van der Waals surface area contributed by atoms with Crippen LogP contribution in [-0.4, -0.2) is 44.7 Å². The fourth-order valence-electron chi connectivity index (χ4n) is 2.53. The lowest BCUT2D eigenvalue weighted by Gasteiger charge is -2.40. The molecule has 1 heterocycles. The normalized spacial score (nSPS) is 21.1. The third-order valence-electron chi connectivity index (χ3n) is 3.76. The van der Waals surface area contributed by atoms with Gasteiger partial charge in [-0.1, -0.05) is 6.92 Å². The molecule has 0 aliphatic carbocycles. The smallest absolute Gasteiger partial charge is 0.122 e. The zero-order valence-corrected chi connectivity index (χ0v) is 11.5. The maximum Gasteiger partial charge on any atom is 0.122 e. The maximum absolute atomic E-state index is 5.92. The topological polar surface area (TPSA) is 41.7 Å². The van der Waals surface area contributed by atoms with E-state index in [2.05, 4.69) is 29.8 Å². The molecule has 1 aliphatic rings. The summed E-state index contributed by atoms with van der Waals surface area (Å²) < 4.78 is 5.28. The fourth-order valence-corrected chi connectivity index (χ4v) is 2.53. The van der Waals surface area contributed by atoms with Crippen LogP contribution in [-0.2, 0) is 0 Å². The van der Waals surface area contributed by atoms with Crippen LogP contribution in [0, 0.1) is 0 Å². The number of nitrogens with zero attached hydrogens (tertiary/aromatic N) is 2. The molecule has 0 amide bonds. The first-order valence-electron chi connectivity index (χ1n) is 6.53. The van der Waals surface area contributed by atoms with Crippen LogP contribution in [0.25, 0.3) is 0 Å². The molecule has 1 aromatic rings. The second-order valence-corrected chi connectivity index (χ2v) is 4.95. The van der Waals surface area contributed by atoms with Crippen LogP contribution in [0.4, 0.5) is 11.4 Å². The Morgan fingerprint density at radius 2 is 2.11 bits per heavy atom. The number of rotatable bonds is 3. The number of hydrogen-bond donors (Lipinski definition) is 1. The van der Waals surface area contributed by atoms with Crippen LogP contribution in [0.2, 0.25) is 0 Å². The van der Waals surface area contributed by atoms with E-state index in [0.717, 1.165) is 31.1 Å². The number of benzene rings is 1. The van der Waals surface area contributed by atoms with E-state index < -0.39 is 0 Å². The highest BCUT2D eigenvalue weighted by Crippen LogP contribution is 2.27. The monoisotopic (exact) mass is 249 g/mol. The van der Waals surface area contributed by atoms with Crippen molar-refractivity contribution in [3.63, 3.8) is 0 Å². The summed E-state index contributed by atoms with van der Waals surface area (Å²) in [6.07, 6.45) is 1.17. The van der Waals surface area contributed by atoms with E-state index in [9.17, 15) is 0 Å². The first kappa shape index (κ1) is 13.0. The lowest BCUT2D eigenvalue weighted by atomic mass is 10.1. The number of hydrogen-bond acceptors (Lipinski definition) is 4. The van der Waals surface area contributed by atoms with Crippen LogP contribution in [0.1, 0.15) is 13.3 Å². The van der Waals surface area contributed by atoms with Crippen LogP contribution in [0.5, 0.6) is 5.75 Å². The van der Waals surface area contributed by atoms with E-state index in [-0.39, 0.29) is 0 Å². The minimum Gasteiger partial charge on any atom is -0.497 e. The van der Waals surface area contributed by atoms with E-state index >= 15 is 0 Å². The first-order chi connectivity index (χ1) is 8.63. The van der Waals surface area contributed by atoms with Gasteiger partial charge in [0.25, 0.3) is 0 Å². The minimum absolute atomic E-state index is 0.617. The van der Waals surface area contributed by atoms with Crippen molar-refractivity contribution in [2.24, 2.45) is 0 Å². The van der Waals surface area contributed by atoms with Crippen molar-refractivity contribution in [1.29, 1.82) is 0 Å². The van der Waals surface area contributed by atoms with Crippen molar-refractivity contribution in [2.75, 3.05) is 44.4 Å². The van der Waals surface area contributed by atoms with Gasteiger partial charge in [0, 0.05) is 49.2 Å². The number of likely N-dealkylation sites (N-methyl/N-ethyl adjacent to an activating group) is 1. The number of ether oxygens (including phenoxy) is 1. The molecule has 2 N–H and O–H groups in total. The van der Waals surface area contributed by atoms with Crippen molar-refractivity contribution < 1.29 is 4.74 Å². The van der Waals surface area contributed by atoms with Gasteiger partial charge in [-0.15, -0.1) is 0 Å². The molecule has 0 spiro atoms. The highest BCUT2D eigenvalue weighted by Gasteiger charge is 2.23. The Morgan fingerprint density at radius 3 is 2.78 bits per heavy atom. The standard InChI is InChI=1S/C14H23N3O/c1-4-12-10-17(6-5-16(12)2)13-7-11(15)8-14(9-13)18-3/h7-9,12H,4-6,10,15H2,1-3H3. The molecular weight excluding hydrogens is 226 g/mol. The van der Waals surface area contributed by atoms with E-state index in [1.165, 1.54) is 12.1 Å². The summed E-state index contributed by atoms with van der Waals surface area (Å²) in [5, 5.41) is 0. The summed E-state index contributed by atoms with van der Waals surface area (Å²) in [6.45, 7) is 5.43. The number of nitrogens with two attached hydrogens (primary N) is 1. The largest absolute Gasteiger partial charge is 0.497 e. The SMILES string of the molecule is CCC1CN(c2cc(N)cc(OC)c2)CCN1C. The summed E-state index contributed by atoms with van der Waals surface area (Å²) in [5.41, 5.74) is 7.84. The molecule has 100 valence electrons. The van der Waals surface area contributed by atoms with Crippen molar-refractivity contribution in [3.8, 4) is 5.75 Å². The molecule has 0 radical (unpaired) electrons. The van der Waals surface area contributed by atoms with Crippen molar-refractivity contribution >= 4 is 11.4 Å². The number of piperazine rings is 1. The average Bonchev–Trinajstić information content (AvgIpc) is 2.38. The van der Waals surface area contributed by atoms with E-state index in [1.807, 2.05) is 12.1 Å². The Hall–Kier alpha value is -1.42. The van der Waals surface area contributed by atoms with E-state index in [1.54, 1.807) is 7.11 Å². The molecule has 1 fully saturated rings. The Balaban J connectivity index is 2.18. The second-order valence-electron chi connectivity index (χ2n) is 4.95. The van der Waals surface area contributed by atoms with Gasteiger partial charge in [-0.25, -0.2) is 0 Å². The summed E-state index contributed by atoms with van der Waals surface area (Å²) in [7, 11) is 3.88. The zero-order chi connectivity index (χ0) is 13.1. The summed E-state index contributed by atoms with van der Waals surface area (Å²) in [5.74, 6) is 0.831. The van der Waals surface area contributed by atoms with E-state index in [4.69, 9.17) is 10.5 Å². The van der Waals surface area contributed by atoms with Gasteiger partial charge in [0.2, 0.25) is 0 Å². The predicted octanol–water partition coefficient (Wildman–Crippen LogP) is 1.81. The van der Waals surface area contributed by atoms with E-state index in [0.29, 0.717) is 6.04 Å². The Bertz CT molecular complexity index is 408. The Labute approximate surface area is 109 Å². The van der Waals surface area contributed by atoms with Crippen molar-refractivity contribution in [2.45, 2.75) is 19.4 Å². The molecular formula is C14H23N3O. The Kier molecular flexibility index (Phi) is 3.97. The fraction of sp³-hybridized carbons (Fsp3) is 0.571. The maximum atomic E-state index is 5.92. The second kappa shape index (κ2) is 5.48. The van der Waals surface area contributed by atoms with Gasteiger partial charge in [-0.05, 0) is 19.5 Å². The first-order valence-corrected chi connectivity index (χ1v) is 6.53. The van der Waals surface area contributed by atoms with Gasteiger partial charge in [0.15, 0.2) is 0 Å². The van der Waals surface area contributed by atoms with Crippen molar-refractivity contribution in [1.82, 2.24) is 4.90 Å². The molecule has 18 heavy (non-hydrogen) atoms. The highest BCUT2D eigenvalue weighted by atomic mass is 16.5. The van der Waals surface area contributed by atoms with Crippen LogP contribution >= 0.6 is 0 Å². The molecule has 1 aliphatic heterocycles. The highest BCUT2D eigenvalue weighted by molar-refractivity contribution is 5.60. The quantitative estimate of drug-likeness (QED) is 0.830. The minimum atomic E-state index is 0.617. The van der Waals surface area contributed by atoms with Crippen molar-refractivity contribution in [3.05, 3.63) is 18.2 Å². The lowest BCUT2D eigenvalue weighted by Crippen LogP contribution is -2.51. The van der Waals surface area contributed by atoms with Gasteiger partial charge in [0.05, 0.1) is 7.11 Å². The molecule has 1 unspecified atom stereocenters. The summed E-state index contributed by atoms with van der Waals surface area (Å²) in [6, 6.07) is 6.57. The number of methoxy groups -OCH3 is 1. The molecule has 4 nitrogen and oxygen atoms in total. The number of anilines is 2. The van der Waals surface area contributed by atoms with Crippen LogP contribution < -0.4 is 15.4 Å². The Morgan fingerprint density at radius 1 is 1.33 bits per heavy atom. The predicted molar refractivity (Wildman–Crippen MR) is 76.3 cm³/mol. The molecule has 0 saturated carbocycles. The summed E-state index contributed by atoms with van der Waals surface area (Å²) >= 11 is 0. The van der Waals surface area contributed by atoms with Gasteiger partial charge >= 0.3 is 0 Å². The zero-order valence-electron chi connectivity index (χ0n) is 11.5. The van der Waals surface area contributed by atoms with Gasteiger partial charge in [0.1, 0.15) is 5.75 Å². The number of nitrogen functional groups attached to an aromatic ring is 1. The molecule has 1 saturated heterocycles. The average molecular weight is 249 g/mol. The van der Waals surface area contributed by atoms with Gasteiger partial charge in [-0.3, -0.25) is 4.90 Å². The molecule has 2 rings (SSSR count). The van der Waals surface area contributed by atoms with Crippen LogP contribution in [0.3, 0.4) is 0 Å². The third-order valence-corrected chi connectivity index (χ3v) is 3.76. The molecule has 0 bridgehead atoms. The third kappa shape index (κ3) is 2.70. The molecule has 1 atom stereocenters. The molecule has 1 aromatic carbocycles. The molecule has 0 aromatic heterocycles. The van der Waals surface area contributed by atoms with Gasteiger partial charge in [-0.2, -0.15) is 0 Å². The van der Waals surface area contributed by atoms with Crippen LogP contribution in [0.15, 0.2) is 18.2 Å². The summed E-state index contributed by atoms with van der Waals surface area (Å²) in [4.78, 5) is 4.83. The van der Waals surface area contributed by atoms with Gasteiger partial charge < -0.3 is 15.4 Å². The molecule has 4 heteroatoms.